The molecule has 0 radical (unpaired) electrons. The zero-order valence-corrected chi connectivity index (χ0v) is 7.44. The number of fused-ring (bicyclic) bond motifs is 1. The molecule has 0 aliphatic carbocycles. The molecule has 0 amide bonds. The van der Waals surface area contributed by atoms with Crippen LogP contribution in [-0.2, 0) is 0 Å². The van der Waals surface area contributed by atoms with Gasteiger partial charge in [0.25, 0.3) is 5.69 Å². The summed E-state index contributed by atoms with van der Waals surface area (Å²) in [5, 5.41) is 13.6. The van der Waals surface area contributed by atoms with Crippen molar-refractivity contribution in [2.24, 2.45) is 0 Å². The van der Waals surface area contributed by atoms with E-state index in [0.29, 0.717) is 11.0 Å². The van der Waals surface area contributed by atoms with Crippen LogP contribution in [0.1, 0.15) is 0 Å². The number of nitrogens with zero attached hydrogens (tertiary/aromatic N) is 2. The molecule has 0 aliphatic rings. The summed E-state index contributed by atoms with van der Waals surface area (Å²) in [7, 11) is 1.75. The first-order valence-electron chi connectivity index (χ1n) is 4.02. The van der Waals surface area contributed by atoms with Gasteiger partial charge < -0.3 is 10.3 Å². The van der Waals surface area contributed by atoms with Crippen molar-refractivity contribution < 1.29 is 4.92 Å². The summed E-state index contributed by atoms with van der Waals surface area (Å²) in [6.07, 6.45) is 1.44. The number of rotatable bonds is 2. The standard InChI is InChI=1S/C8H8N4O2/c1-9-5-2-3-6(12(13)14)8-7(5)10-4-11-8/h2-4,9H,1H3,(H,10,11). The molecule has 2 rings (SSSR count). The third-order valence-electron chi connectivity index (χ3n) is 2.03. The van der Waals surface area contributed by atoms with E-state index in [-0.39, 0.29) is 5.69 Å². The monoisotopic (exact) mass is 192 g/mol. The van der Waals surface area contributed by atoms with Gasteiger partial charge in [-0.1, -0.05) is 0 Å². The van der Waals surface area contributed by atoms with E-state index in [4.69, 9.17) is 0 Å². The lowest BCUT2D eigenvalue weighted by atomic mass is 10.2. The minimum Gasteiger partial charge on any atom is -0.386 e. The molecule has 6 nitrogen and oxygen atoms in total. The fourth-order valence-corrected chi connectivity index (χ4v) is 1.37. The number of nitro benzene ring substituents is 1. The molecule has 1 aromatic carbocycles. The number of aromatic nitrogens is 2. The molecule has 0 saturated heterocycles. The van der Waals surface area contributed by atoms with Crippen molar-refractivity contribution in [2.45, 2.75) is 0 Å². The lowest BCUT2D eigenvalue weighted by molar-refractivity contribution is -0.383. The molecule has 0 fully saturated rings. The third kappa shape index (κ3) is 1.08. The normalized spacial score (nSPS) is 10.4. The minimum atomic E-state index is -0.442. The van der Waals surface area contributed by atoms with Crippen LogP contribution in [0.3, 0.4) is 0 Å². The summed E-state index contributed by atoms with van der Waals surface area (Å²) in [4.78, 5) is 17.0. The van der Waals surface area contributed by atoms with Crippen LogP contribution in [0.25, 0.3) is 11.0 Å². The van der Waals surface area contributed by atoms with Gasteiger partial charge in [-0.15, -0.1) is 0 Å². The highest BCUT2D eigenvalue weighted by Gasteiger charge is 2.15. The highest BCUT2D eigenvalue weighted by atomic mass is 16.6. The van der Waals surface area contributed by atoms with E-state index in [1.165, 1.54) is 12.4 Å². The first-order valence-corrected chi connectivity index (χ1v) is 4.02. The largest absolute Gasteiger partial charge is 0.386 e. The summed E-state index contributed by atoms with van der Waals surface area (Å²) in [6.45, 7) is 0. The van der Waals surface area contributed by atoms with Gasteiger partial charge >= 0.3 is 0 Å². The highest BCUT2D eigenvalue weighted by molar-refractivity contribution is 5.94. The van der Waals surface area contributed by atoms with Gasteiger partial charge in [0.1, 0.15) is 0 Å². The van der Waals surface area contributed by atoms with E-state index in [9.17, 15) is 10.1 Å². The Balaban J connectivity index is 2.78. The highest BCUT2D eigenvalue weighted by Crippen LogP contribution is 2.27. The number of nitro groups is 1. The van der Waals surface area contributed by atoms with Gasteiger partial charge in [0, 0.05) is 13.1 Å². The van der Waals surface area contributed by atoms with Crippen molar-refractivity contribution in [3.8, 4) is 0 Å². The Bertz CT molecular complexity index is 491. The topological polar surface area (TPSA) is 83.8 Å². The summed E-state index contributed by atoms with van der Waals surface area (Å²) in [5.74, 6) is 0. The number of nitrogens with one attached hydrogen (secondary N) is 2. The van der Waals surface area contributed by atoms with E-state index >= 15 is 0 Å². The van der Waals surface area contributed by atoms with Gasteiger partial charge in [-0.25, -0.2) is 4.98 Å². The lowest BCUT2D eigenvalue weighted by Gasteiger charge is -2.00. The smallest absolute Gasteiger partial charge is 0.297 e. The molecule has 1 aromatic heterocycles. The molecule has 0 unspecified atom stereocenters. The number of anilines is 1. The Morgan fingerprint density at radius 3 is 3.00 bits per heavy atom. The average molecular weight is 192 g/mol. The minimum absolute atomic E-state index is 0.0141. The van der Waals surface area contributed by atoms with E-state index in [2.05, 4.69) is 15.3 Å². The van der Waals surface area contributed by atoms with Crippen LogP contribution < -0.4 is 5.32 Å². The van der Waals surface area contributed by atoms with Crippen LogP contribution in [0.5, 0.6) is 0 Å². The van der Waals surface area contributed by atoms with E-state index < -0.39 is 4.92 Å². The van der Waals surface area contributed by atoms with Gasteiger partial charge in [0.2, 0.25) is 0 Å². The molecule has 72 valence electrons. The molecule has 0 saturated carbocycles. The Kier molecular flexibility index (Phi) is 1.81. The predicted octanol–water partition coefficient (Wildman–Crippen LogP) is 1.51. The van der Waals surface area contributed by atoms with Crippen LogP contribution in [0, 0.1) is 10.1 Å². The summed E-state index contributed by atoms with van der Waals surface area (Å²) in [5.41, 5.74) is 1.84. The van der Waals surface area contributed by atoms with Crippen molar-refractivity contribution in [3.05, 3.63) is 28.6 Å². The molecule has 1 heterocycles. The van der Waals surface area contributed by atoms with Gasteiger partial charge in [-0.3, -0.25) is 10.1 Å². The van der Waals surface area contributed by atoms with Crippen molar-refractivity contribution in [1.82, 2.24) is 9.97 Å². The predicted molar refractivity (Wildman–Crippen MR) is 52.3 cm³/mol. The first-order chi connectivity index (χ1) is 6.74. The molecule has 0 bridgehead atoms. The Morgan fingerprint density at radius 2 is 2.36 bits per heavy atom. The molecular formula is C8H8N4O2. The Hall–Kier alpha value is -2.11. The number of imidazole rings is 1. The van der Waals surface area contributed by atoms with Gasteiger partial charge in [0.05, 0.1) is 22.5 Å². The Morgan fingerprint density at radius 1 is 1.57 bits per heavy atom. The van der Waals surface area contributed by atoms with Gasteiger partial charge in [-0.2, -0.15) is 0 Å². The quantitative estimate of drug-likeness (QED) is 0.558. The van der Waals surface area contributed by atoms with Crippen LogP contribution in [-0.4, -0.2) is 21.9 Å². The first kappa shape index (κ1) is 8.49. The van der Waals surface area contributed by atoms with Crippen LogP contribution in [0.2, 0.25) is 0 Å². The van der Waals surface area contributed by atoms with E-state index in [1.54, 1.807) is 13.1 Å². The molecule has 0 aliphatic heterocycles. The molecule has 14 heavy (non-hydrogen) atoms. The van der Waals surface area contributed by atoms with Crippen molar-refractivity contribution in [1.29, 1.82) is 0 Å². The molecule has 0 atom stereocenters. The van der Waals surface area contributed by atoms with Gasteiger partial charge in [-0.05, 0) is 6.07 Å². The van der Waals surface area contributed by atoms with E-state index in [1.807, 2.05) is 0 Å². The second kappa shape index (κ2) is 2.99. The summed E-state index contributed by atoms with van der Waals surface area (Å²) in [6, 6.07) is 3.09. The zero-order valence-electron chi connectivity index (χ0n) is 7.44. The number of benzene rings is 1. The van der Waals surface area contributed by atoms with Crippen molar-refractivity contribution in [3.63, 3.8) is 0 Å². The van der Waals surface area contributed by atoms with Crippen molar-refractivity contribution >= 4 is 22.4 Å². The average Bonchev–Trinajstić information content (AvgIpc) is 2.64. The second-order valence-electron chi connectivity index (χ2n) is 2.77. The van der Waals surface area contributed by atoms with Crippen LogP contribution in [0.15, 0.2) is 18.5 Å². The molecule has 2 N–H and O–H groups in total. The number of H-pyrrole nitrogens is 1. The maximum Gasteiger partial charge on any atom is 0.297 e. The molecule has 0 spiro atoms. The number of non-ortho nitro benzene ring substituents is 1. The lowest BCUT2D eigenvalue weighted by Crippen LogP contribution is -1.93. The number of hydrogen-bond donors (Lipinski definition) is 2. The third-order valence-corrected chi connectivity index (χ3v) is 2.03. The van der Waals surface area contributed by atoms with Crippen LogP contribution >= 0.6 is 0 Å². The summed E-state index contributed by atoms with van der Waals surface area (Å²) < 4.78 is 0. The second-order valence-corrected chi connectivity index (χ2v) is 2.77. The number of aromatic amines is 1. The summed E-state index contributed by atoms with van der Waals surface area (Å²) >= 11 is 0. The van der Waals surface area contributed by atoms with E-state index in [0.717, 1.165) is 5.69 Å². The fourth-order valence-electron chi connectivity index (χ4n) is 1.37. The maximum atomic E-state index is 10.6. The fraction of sp³-hybridized carbons (Fsp3) is 0.125. The molecular weight excluding hydrogens is 184 g/mol. The van der Waals surface area contributed by atoms with Gasteiger partial charge in [0.15, 0.2) is 5.52 Å². The van der Waals surface area contributed by atoms with Crippen LogP contribution in [0.4, 0.5) is 11.4 Å². The SMILES string of the molecule is CNc1ccc([N+](=O)[O-])c2nc[nH]c12. The molecule has 2 aromatic rings. The molecule has 6 heteroatoms. The number of hydrogen-bond acceptors (Lipinski definition) is 4. The van der Waals surface area contributed by atoms with Crippen molar-refractivity contribution in [2.75, 3.05) is 12.4 Å². The zero-order chi connectivity index (χ0) is 10.1. The Labute approximate surface area is 79.1 Å². The maximum absolute atomic E-state index is 10.6.